The maximum absolute atomic E-state index is 15.4. The van der Waals surface area contributed by atoms with Crippen molar-refractivity contribution in [2.75, 3.05) is 6.61 Å². The minimum atomic E-state index is -2.86. The van der Waals surface area contributed by atoms with Gasteiger partial charge in [-0.2, -0.15) is 0 Å². The largest absolute Gasteiger partial charge is 0.408 e. The first-order valence-corrected chi connectivity index (χ1v) is 16.4. The van der Waals surface area contributed by atoms with Gasteiger partial charge in [-0.3, -0.25) is 0 Å². The van der Waals surface area contributed by atoms with Gasteiger partial charge in [0.1, 0.15) is 6.10 Å². The van der Waals surface area contributed by atoms with Crippen molar-refractivity contribution in [2.24, 2.45) is 11.8 Å². The molecule has 8 heteroatoms. The summed E-state index contributed by atoms with van der Waals surface area (Å²) in [5.41, 5.74) is 0. The van der Waals surface area contributed by atoms with Crippen molar-refractivity contribution in [2.45, 2.75) is 147 Å². The summed E-state index contributed by atoms with van der Waals surface area (Å²) in [6, 6.07) is 0. The summed E-state index contributed by atoms with van der Waals surface area (Å²) in [5, 5.41) is 9.94. The number of hydrogen-bond donors (Lipinski definition) is 1. The molecule has 2 saturated heterocycles. The molecule has 7 atom stereocenters. The smallest absolute Gasteiger partial charge is 0.272 e. The van der Waals surface area contributed by atoms with Crippen LogP contribution in [0, 0.1) is 11.8 Å². The maximum atomic E-state index is 15.4. The zero-order chi connectivity index (χ0) is 25.1. The Morgan fingerprint density at radius 1 is 1.15 bits per heavy atom. The van der Waals surface area contributed by atoms with Crippen molar-refractivity contribution in [3.05, 3.63) is 0 Å². The van der Waals surface area contributed by atoms with Gasteiger partial charge in [-0.1, -0.05) is 34.1 Å². The lowest BCUT2D eigenvalue weighted by molar-refractivity contribution is -0.200. The first-order valence-electron chi connectivity index (χ1n) is 13.5. The molecule has 34 heavy (non-hydrogen) atoms. The third kappa shape index (κ3) is 7.00. The maximum Gasteiger partial charge on any atom is 0.272 e. The van der Waals surface area contributed by atoms with Crippen molar-refractivity contribution in [3.8, 4) is 0 Å². The van der Waals surface area contributed by atoms with Gasteiger partial charge in [-0.25, -0.2) is 8.78 Å². The molecular weight excluding hydrogens is 458 g/mol. The average molecular weight is 507 g/mol. The number of aliphatic hydroxyl groups excluding tert-OH is 1. The third-order valence-electron chi connectivity index (χ3n) is 8.58. The van der Waals surface area contributed by atoms with Crippen LogP contribution in [0.3, 0.4) is 0 Å². The molecule has 3 rings (SSSR count). The van der Waals surface area contributed by atoms with Crippen molar-refractivity contribution in [3.63, 3.8) is 0 Å². The second-order valence-electron chi connectivity index (χ2n) is 12.2. The van der Waals surface area contributed by atoms with Crippen LogP contribution < -0.4 is 0 Å². The standard InChI is InChI=1S/C26H48F2O5Si/c1-7-8-14-26(27,28)22(33-34(5,6)25(2,3)4)13-12-18-19-16-23(29)31-21(19)17-20(18)32-24-11-9-10-15-30-24/h18-24,29H,7-17H2,1-6H3/t18-,19-,20-,21+,22?,23?,24?/m1/s1. The molecule has 0 spiro atoms. The number of hydrogen-bond acceptors (Lipinski definition) is 5. The fourth-order valence-electron chi connectivity index (χ4n) is 5.48. The van der Waals surface area contributed by atoms with Gasteiger partial charge in [0.25, 0.3) is 5.92 Å². The van der Waals surface area contributed by atoms with Gasteiger partial charge in [0.2, 0.25) is 0 Å². The Hall–Kier alpha value is -0.123. The van der Waals surface area contributed by atoms with E-state index in [1.54, 1.807) is 0 Å². The Bertz CT molecular complexity index is 635. The minimum Gasteiger partial charge on any atom is -0.408 e. The first-order chi connectivity index (χ1) is 15.8. The van der Waals surface area contributed by atoms with Gasteiger partial charge in [0.05, 0.1) is 12.2 Å². The normalized spacial score (nSPS) is 33.8. The van der Waals surface area contributed by atoms with Crippen LogP contribution in [0.2, 0.25) is 18.1 Å². The van der Waals surface area contributed by atoms with E-state index < -0.39 is 26.6 Å². The van der Waals surface area contributed by atoms with E-state index in [0.717, 1.165) is 25.7 Å². The van der Waals surface area contributed by atoms with E-state index in [-0.39, 0.29) is 41.8 Å². The van der Waals surface area contributed by atoms with Gasteiger partial charge in [0, 0.05) is 25.9 Å². The van der Waals surface area contributed by atoms with Crippen molar-refractivity contribution in [1.82, 2.24) is 0 Å². The number of aliphatic hydroxyl groups is 1. The molecule has 0 aromatic carbocycles. The lowest BCUT2D eigenvalue weighted by atomic mass is 9.86. The molecule has 1 N–H and O–H groups in total. The molecule has 200 valence electrons. The molecule has 3 fully saturated rings. The predicted octanol–water partition coefficient (Wildman–Crippen LogP) is 6.64. The average Bonchev–Trinajstić information content (AvgIpc) is 3.25. The number of fused-ring (bicyclic) bond motifs is 1. The second kappa shape index (κ2) is 11.5. The van der Waals surface area contributed by atoms with Crippen LogP contribution in [0.15, 0.2) is 0 Å². The van der Waals surface area contributed by atoms with E-state index in [9.17, 15) is 5.11 Å². The fraction of sp³-hybridized carbons (Fsp3) is 1.00. The highest BCUT2D eigenvalue weighted by molar-refractivity contribution is 6.74. The zero-order valence-corrected chi connectivity index (χ0v) is 23.2. The van der Waals surface area contributed by atoms with Crippen LogP contribution in [-0.4, -0.2) is 56.8 Å². The molecule has 2 aliphatic heterocycles. The van der Waals surface area contributed by atoms with Crippen LogP contribution in [0.4, 0.5) is 8.78 Å². The number of unbranched alkanes of at least 4 members (excludes halogenated alkanes) is 1. The van der Waals surface area contributed by atoms with Gasteiger partial charge in [-0.05, 0) is 68.5 Å². The monoisotopic (exact) mass is 506 g/mol. The molecule has 0 aromatic heterocycles. The molecule has 0 aromatic rings. The Morgan fingerprint density at radius 3 is 2.50 bits per heavy atom. The van der Waals surface area contributed by atoms with E-state index in [2.05, 4.69) is 33.9 Å². The number of alkyl halides is 2. The fourth-order valence-corrected chi connectivity index (χ4v) is 6.83. The molecule has 0 bridgehead atoms. The summed E-state index contributed by atoms with van der Waals surface area (Å²) in [7, 11) is -2.38. The van der Waals surface area contributed by atoms with Crippen LogP contribution in [0.1, 0.15) is 91.9 Å². The summed E-state index contributed by atoms with van der Waals surface area (Å²) < 4.78 is 55.2. The molecule has 1 aliphatic carbocycles. The highest BCUT2D eigenvalue weighted by atomic mass is 28.4. The highest BCUT2D eigenvalue weighted by Gasteiger charge is 2.52. The van der Waals surface area contributed by atoms with Crippen LogP contribution in [0.25, 0.3) is 0 Å². The van der Waals surface area contributed by atoms with Gasteiger partial charge >= 0.3 is 0 Å². The summed E-state index contributed by atoms with van der Waals surface area (Å²) >= 11 is 0. The predicted molar refractivity (Wildman–Crippen MR) is 131 cm³/mol. The first kappa shape index (κ1) is 28.4. The van der Waals surface area contributed by atoms with Gasteiger partial charge in [0.15, 0.2) is 20.9 Å². The number of rotatable bonds is 11. The van der Waals surface area contributed by atoms with Crippen molar-refractivity contribution >= 4 is 8.32 Å². The molecule has 3 aliphatic rings. The quantitative estimate of drug-likeness (QED) is 0.318. The summed E-state index contributed by atoms with van der Waals surface area (Å²) in [5.74, 6) is -2.68. The molecule has 2 heterocycles. The van der Waals surface area contributed by atoms with Gasteiger partial charge < -0.3 is 23.7 Å². The third-order valence-corrected chi connectivity index (χ3v) is 13.1. The molecule has 0 radical (unpaired) electrons. The molecular formula is C26H48F2O5Si. The lowest BCUT2D eigenvalue weighted by Crippen LogP contribution is -2.49. The molecule has 0 amide bonds. The Morgan fingerprint density at radius 2 is 1.88 bits per heavy atom. The van der Waals surface area contributed by atoms with E-state index >= 15 is 8.78 Å². The topological polar surface area (TPSA) is 57.2 Å². The summed E-state index contributed by atoms with van der Waals surface area (Å²) in [6.07, 6.45) is 3.92. The molecule has 1 saturated carbocycles. The van der Waals surface area contributed by atoms with E-state index in [0.29, 0.717) is 38.7 Å². The van der Waals surface area contributed by atoms with Crippen molar-refractivity contribution in [1.29, 1.82) is 0 Å². The lowest BCUT2D eigenvalue weighted by Gasteiger charge is -2.42. The minimum absolute atomic E-state index is 0.0557. The number of halogens is 2. The molecule has 5 nitrogen and oxygen atoms in total. The second-order valence-corrected chi connectivity index (χ2v) is 17.0. The highest BCUT2D eigenvalue weighted by Crippen LogP contribution is 2.48. The van der Waals surface area contributed by atoms with Crippen LogP contribution in [-0.2, 0) is 18.6 Å². The Labute approximate surface area is 206 Å². The molecule has 3 unspecified atom stereocenters. The van der Waals surface area contributed by atoms with Crippen LogP contribution in [0.5, 0.6) is 0 Å². The number of ether oxygens (including phenoxy) is 3. The van der Waals surface area contributed by atoms with Gasteiger partial charge in [-0.15, -0.1) is 0 Å². The Kier molecular flexibility index (Phi) is 9.63. The SMILES string of the molecule is CCCCC(F)(F)C(CC[C@@H]1[C@H]2CC(O)O[C@H]2C[C@H]1OC1CCCCO1)O[Si](C)(C)C(C)(C)C. The van der Waals surface area contributed by atoms with E-state index in [1.165, 1.54) is 0 Å². The van der Waals surface area contributed by atoms with Crippen molar-refractivity contribution < 1.29 is 32.5 Å². The van der Waals surface area contributed by atoms with E-state index in [4.69, 9.17) is 18.6 Å². The summed E-state index contributed by atoms with van der Waals surface area (Å²) in [6.45, 7) is 13.0. The Balaban J connectivity index is 1.74. The summed E-state index contributed by atoms with van der Waals surface area (Å²) in [4.78, 5) is 0. The zero-order valence-electron chi connectivity index (χ0n) is 22.2. The van der Waals surface area contributed by atoms with E-state index in [1.807, 2.05) is 6.92 Å². The van der Waals surface area contributed by atoms with Crippen LogP contribution >= 0.6 is 0 Å².